The van der Waals surface area contributed by atoms with Crippen molar-refractivity contribution in [2.75, 3.05) is 43.0 Å². The molecule has 0 aliphatic carbocycles. The molecule has 0 unspecified atom stereocenters. The first-order valence-corrected chi connectivity index (χ1v) is 7.48. The van der Waals surface area contributed by atoms with Crippen LogP contribution in [0.25, 0.3) is 0 Å². The maximum Gasteiger partial charge on any atom is 0.234 e. The molecule has 0 heterocycles. The van der Waals surface area contributed by atoms with Gasteiger partial charge in [-0.3, -0.25) is 4.31 Å². The van der Waals surface area contributed by atoms with Gasteiger partial charge in [-0.1, -0.05) is 0 Å². The first kappa shape index (κ1) is 14.8. The van der Waals surface area contributed by atoms with E-state index < -0.39 is 10.0 Å². The quantitative estimate of drug-likeness (QED) is 0.783. The van der Waals surface area contributed by atoms with Crippen LogP contribution in [0.2, 0.25) is 0 Å². The number of hydrogen-bond acceptors (Lipinski definition) is 4. The molecule has 0 amide bonds. The standard InChI is InChI=1S/C12H21N3O2S/c1-4-18(16,17)15(10-9-14(2)3)12-7-5-11(13)6-8-12/h5-8H,4,9-10,13H2,1-3H3. The molecule has 6 heteroatoms. The van der Waals surface area contributed by atoms with Crippen molar-refractivity contribution in [3.05, 3.63) is 24.3 Å². The van der Waals surface area contributed by atoms with Gasteiger partial charge < -0.3 is 10.6 Å². The molecule has 0 fully saturated rings. The number of likely N-dealkylation sites (N-methyl/N-ethyl adjacent to an activating group) is 1. The average Bonchev–Trinajstić information content (AvgIpc) is 2.31. The van der Waals surface area contributed by atoms with E-state index in [4.69, 9.17) is 5.73 Å². The van der Waals surface area contributed by atoms with E-state index in [1.807, 2.05) is 19.0 Å². The lowest BCUT2D eigenvalue weighted by Gasteiger charge is -2.25. The Morgan fingerprint density at radius 2 is 1.67 bits per heavy atom. The van der Waals surface area contributed by atoms with Gasteiger partial charge in [0.25, 0.3) is 0 Å². The fraction of sp³-hybridized carbons (Fsp3) is 0.500. The predicted octanol–water partition coefficient (Wildman–Crippen LogP) is 0.987. The molecular formula is C12H21N3O2S. The highest BCUT2D eigenvalue weighted by Gasteiger charge is 2.20. The molecular weight excluding hydrogens is 250 g/mol. The van der Waals surface area contributed by atoms with Crippen molar-refractivity contribution in [1.29, 1.82) is 0 Å². The van der Waals surface area contributed by atoms with Crippen LogP contribution in [0.5, 0.6) is 0 Å². The van der Waals surface area contributed by atoms with Crippen LogP contribution in [0.15, 0.2) is 24.3 Å². The van der Waals surface area contributed by atoms with E-state index in [2.05, 4.69) is 0 Å². The van der Waals surface area contributed by atoms with Gasteiger partial charge in [0.2, 0.25) is 10.0 Å². The van der Waals surface area contributed by atoms with E-state index in [9.17, 15) is 8.42 Å². The fourth-order valence-corrected chi connectivity index (χ4v) is 2.63. The summed E-state index contributed by atoms with van der Waals surface area (Å²) in [7, 11) is 0.577. The second-order valence-electron chi connectivity index (χ2n) is 4.37. The largest absolute Gasteiger partial charge is 0.399 e. The zero-order chi connectivity index (χ0) is 13.8. The van der Waals surface area contributed by atoms with Crippen molar-refractivity contribution >= 4 is 21.4 Å². The van der Waals surface area contributed by atoms with Crippen LogP contribution >= 0.6 is 0 Å². The molecule has 0 saturated heterocycles. The smallest absolute Gasteiger partial charge is 0.234 e. The molecule has 1 aromatic rings. The van der Waals surface area contributed by atoms with Gasteiger partial charge in [0, 0.05) is 18.8 Å². The second kappa shape index (κ2) is 6.06. The summed E-state index contributed by atoms with van der Waals surface area (Å²) in [5.74, 6) is 0.0881. The molecule has 0 aliphatic heterocycles. The third-order valence-corrected chi connectivity index (χ3v) is 4.43. The highest BCUT2D eigenvalue weighted by Crippen LogP contribution is 2.19. The summed E-state index contributed by atoms with van der Waals surface area (Å²) in [4.78, 5) is 1.95. The van der Waals surface area contributed by atoms with Crippen LogP contribution in [-0.4, -0.2) is 46.3 Å². The third-order valence-electron chi connectivity index (χ3n) is 2.63. The minimum atomic E-state index is -3.26. The second-order valence-corrected chi connectivity index (χ2v) is 6.55. The number of benzene rings is 1. The van der Waals surface area contributed by atoms with Gasteiger partial charge in [-0.15, -0.1) is 0 Å². The molecule has 5 nitrogen and oxygen atoms in total. The molecule has 0 aliphatic rings. The zero-order valence-electron chi connectivity index (χ0n) is 11.1. The molecule has 0 aromatic heterocycles. The van der Waals surface area contributed by atoms with Crippen molar-refractivity contribution in [1.82, 2.24) is 4.90 Å². The highest BCUT2D eigenvalue weighted by atomic mass is 32.2. The number of anilines is 2. The van der Waals surface area contributed by atoms with Crippen molar-refractivity contribution < 1.29 is 8.42 Å². The van der Waals surface area contributed by atoms with Crippen LogP contribution in [0.4, 0.5) is 11.4 Å². The molecule has 0 radical (unpaired) electrons. The lowest BCUT2D eigenvalue weighted by atomic mass is 10.3. The third kappa shape index (κ3) is 3.89. The van der Waals surface area contributed by atoms with Crippen molar-refractivity contribution in [3.8, 4) is 0 Å². The highest BCUT2D eigenvalue weighted by molar-refractivity contribution is 7.92. The number of nitrogen functional groups attached to an aromatic ring is 1. The first-order valence-electron chi connectivity index (χ1n) is 5.87. The minimum absolute atomic E-state index is 0.0881. The average molecular weight is 271 g/mol. The Morgan fingerprint density at radius 1 is 1.11 bits per heavy atom. The molecule has 1 rings (SSSR count). The van der Waals surface area contributed by atoms with Crippen molar-refractivity contribution in [2.45, 2.75) is 6.92 Å². The lowest BCUT2D eigenvalue weighted by Crippen LogP contribution is -2.37. The van der Waals surface area contributed by atoms with E-state index >= 15 is 0 Å². The molecule has 102 valence electrons. The Balaban J connectivity index is 3.01. The molecule has 18 heavy (non-hydrogen) atoms. The molecule has 0 bridgehead atoms. The number of sulfonamides is 1. The van der Waals surface area contributed by atoms with Gasteiger partial charge in [-0.05, 0) is 45.3 Å². The normalized spacial score (nSPS) is 11.8. The van der Waals surface area contributed by atoms with E-state index in [0.29, 0.717) is 24.5 Å². The summed E-state index contributed by atoms with van der Waals surface area (Å²) in [5.41, 5.74) is 6.90. The van der Waals surface area contributed by atoms with Crippen LogP contribution in [0, 0.1) is 0 Å². The monoisotopic (exact) mass is 271 g/mol. The summed E-state index contributed by atoms with van der Waals surface area (Å²) in [6.07, 6.45) is 0. The Kier molecular flexibility index (Phi) is 4.98. The summed E-state index contributed by atoms with van der Waals surface area (Å²) in [5, 5.41) is 0. The van der Waals surface area contributed by atoms with Gasteiger partial charge in [0.05, 0.1) is 11.4 Å². The molecule has 2 N–H and O–H groups in total. The molecule has 1 aromatic carbocycles. The summed E-state index contributed by atoms with van der Waals surface area (Å²) in [6, 6.07) is 6.89. The number of rotatable bonds is 6. The van der Waals surface area contributed by atoms with E-state index in [1.165, 1.54) is 4.31 Å². The van der Waals surface area contributed by atoms with E-state index in [1.54, 1.807) is 31.2 Å². The topological polar surface area (TPSA) is 66.6 Å². The zero-order valence-corrected chi connectivity index (χ0v) is 11.9. The Bertz CT molecular complexity index is 469. The SMILES string of the molecule is CCS(=O)(=O)N(CCN(C)C)c1ccc(N)cc1. The lowest BCUT2D eigenvalue weighted by molar-refractivity contribution is 0.419. The van der Waals surface area contributed by atoms with Gasteiger partial charge in [0.1, 0.15) is 0 Å². The Labute approximate surface area is 109 Å². The van der Waals surface area contributed by atoms with E-state index in [0.717, 1.165) is 0 Å². The maximum atomic E-state index is 12.1. The van der Waals surface area contributed by atoms with Crippen molar-refractivity contribution in [3.63, 3.8) is 0 Å². The summed E-state index contributed by atoms with van der Waals surface area (Å²) in [6.45, 7) is 2.76. The molecule has 0 saturated carbocycles. The van der Waals surface area contributed by atoms with Crippen LogP contribution in [-0.2, 0) is 10.0 Å². The van der Waals surface area contributed by atoms with E-state index in [-0.39, 0.29) is 5.75 Å². The summed E-state index contributed by atoms with van der Waals surface area (Å²) >= 11 is 0. The maximum absolute atomic E-state index is 12.1. The van der Waals surface area contributed by atoms with Crippen LogP contribution < -0.4 is 10.0 Å². The Hall–Kier alpha value is -1.27. The Morgan fingerprint density at radius 3 is 2.11 bits per heavy atom. The van der Waals surface area contributed by atoms with Gasteiger partial charge in [0.15, 0.2) is 0 Å². The van der Waals surface area contributed by atoms with Gasteiger partial charge >= 0.3 is 0 Å². The van der Waals surface area contributed by atoms with Crippen LogP contribution in [0.1, 0.15) is 6.92 Å². The fourth-order valence-electron chi connectivity index (χ4n) is 1.52. The van der Waals surface area contributed by atoms with Gasteiger partial charge in [-0.25, -0.2) is 8.42 Å². The minimum Gasteiger partial charge on any atom is -0.399 e. The molecule has 0 spiro atoms. The predicted molar refractivity (Wildman–Crippen MR) is 76.2 cm³/mol. The summed E-state index contributed by atoms with van der Waals surface area (Å²) < 4.78 is 25.6. The van der Waals surface area contributed by atoms with Gasteiger partial charge in [-0.2, -0.15) is 0 Å². The number of nitrogens with zero attached hydrogens (tertiary/aromatic N) is 2. The van der Waals surface area contributed by atoms with Crippen molar-refractivity contribution in [2.24, 2.45) is 0 Å². The first-order chi connectivity index (χ1) is 8.36. The number of nitrogens with two attached hydrogens (primary N) is 1. The van der Waals surface area contributed by atoms with Crippen LogP contribution in [0.3, 0.4) is 0 Å². The molecule has 0 atom stereocenters. The number of hydrogen-bond donors (Lipinski definition) is 1.